The highest BCUT2D eigenvalue weighted by atomic mass is 19.3. The number of esters is 1. The van der Waals surface area contributed by atoms with Gasteiger partial charge in [0, 0.05) is 31.4 Å². The summed E-state index contributed by atoms with van der Waals surface area (Å²) in [6.07, 6.45) is 5.08. The third-order valence-corrected chi connectivity index (χ3v) is 5.74. The number of hydrogen-bond acceptors (Lipinski definition) is 4. The van der Waals surface area contributed by atoms with Crippen LogP contribution in [0.25, 0.3) is 0 Å². The number of carbonyl (C=O) groups excluding carboxylic acids is 2. The lowest BCUT2D eigenvalue weighted by atomic mass is 9.99. The van der Waals surface area contributed by atoms with Gasteiger partial charge in [0.25, 0.3) is 5.91 Å². The highest BCUT2D eigenvalue weighted by molar-refractivity contribution is 5.86. The average molecular weight is 462 g/mol. The van der Waals surface area contributed by atoms with Crippen molar-refractivity contribution in [1.29, 1.82) is 0 Å². The van der Waals surface area contributed by atoms with Crippen LogP contribution in [0.4, 0.5) is 8.78 Å². The third kappa shape index (κ3) is 8.62. The normalized spacial score (nSPS) is 19.2. The second kappa shape index (κ2) is 13.1. The van der Waals surface area contributed by atoms with Crippen molar-refractivity contribution in [2.24, 2.45) is 5.92 Å². The fourth-order valence-corrected chi connectivity index (χ4v) is 3.66. The molecule has 5 nitrogen and oxygen atoms in total. The summed E-state index contributed by atoms with van der Waals surface area (Å²) in [5, 5.41) is 10.4. The molecule has 0 aliphatic carbocycles. The van der Waals surface area contributed by atoms with Gasteiger partial charge in [-0.3, -0.25) is 9.59 Å². The summed E-state index contributed by atoms with van der Waals surface area (Å²) in [5.41, 5.74) is 0.891. The number of likely N-dealkylation sites (tertiary alicyclic amines) is 1. The van der Waals surface area contributed by atoms with E-state index in [4.69, 9.17) is 0 Å². The molecule has 33 heavy (non-hydrogen) atoms. The molecule has 1 N–H and O–H groups in total. The summed E-state index contributed by atoms with van der Waals surface area (Å²) in [5.74, 6) is 1.07. The van der Waals surface area contributed by atoms with Gasteiger partial charge >= 0.3 is 11.9 Å². The molecule has 0 spiro atoms. The molecule has 180 valence electrons. The Morgan fingerprint density at radius 3 is 2.67 bits per heavy atom. The Kier molecular flexibility index (Phi) is 10.5. The Hall–Kier alpha value is -2.72. The molecule has 1 aromatic carbocycles. The van der Waals surface area contributed by atoms with E-state index in [2.05, 4.69) is 16.6 Å². The van der Waals surface area contributed by atoms with Gasteiger partial charge in [0.1, 0.15) is 0 Å². The maximum Gasteiger partial charge on any atom is 0.327 e. The van der Waals surface area contributed by atoms with Crippen LogP contribution in [0.5, 0.6) is 0 Å². The number of amides is 1. The van der Waals surface area contributed by atoms with Crippen molar-refractivity contribution < 1.29 is 28.2 Å². The number of benzene rings is 1. The third-order valence-electron chi connectivity index (χ3n) is 5.74. The maximum atomic E-state index is 14.0. The molecule has 1 fully saturated rings. The molecule has 1 aliphatic rings. The molecule has 0 radical (unpaired) electrons. The van der Waals surface area contributed by atoms with Gasteiger partial charge in [-0.05, 0) is 30.9 Å². The second-order valence-corrected chi connectivity index (χ2v) is 8.44. The molecule has 1 saturated heterocycles. The number of carbonyl (C=O) groups is 2. The van der Waals surface area contributed by atoms with Gasteiger partial charge in [-0.1, -0.05) is 62.0 Å². The predicted molar refractivity (Wildman–Crippen MR) is 122 cm³/mol. The van der Waals surface area contributed by atoms with Gasteiger partial charge < -0.3 is 14.7 Å². The number of ether oxygens (including phenoxy) is 1. The van der Waals surface area contributed by atoms with Crippen LogP contribution in [0.1, 0.15) is 57.4 Å². The van der Waals surface area contributed by atoms with E-state index in [9.17, 15) is 23.5 Å². The molecular formula is C26H33F2NO4. The summed E-state index contributed by atoms with van der Waals surface area (Å²) in [6.45, 7) is 2.06. The van der Waals surface area contributed by atoms with Gasteiger partial charge in [-0.15, -0.1) is 0 Å². The molecular weight excluding hydrogens is 428 g/mol. The number of halogens is 2. The lowest BCUT2D eigenvalue weighted by Crippen LogP contribution is -2.36. The number of nitrogens with zero attached hydrogens (tertiary/aromatic N) is 1. The summed E-state index contributed by atoms with van der Waals surface area (Å²) in [7, 11) is 1.34. The average Bonchev–Trinajstić information content (AvgIpc) is 3.02. The monoisotopic (exact) mass is 461 g/mol. The minimum absolute atomic E-state index is 0.182. The Morgan fingerprint density at radius 1 is 1.27 bits per heavy atom. The van der Waals surface area contributed by atoms with E-state index in [1.54, 1.807) is 0 Å². The first-order chi connectivity index (χ1) is 15.7. The van der Waals surface area contributed by atoms with E-state index < -0.39 is 30.4 Å². The van der Waals surface area contributed by atoms with Crippen LogP contribution in [0.15, 0.2) is 42.5 Å². The van der Waals surface area contributed by atoms with Gasteiger partial charge in [0.15, 0.2) is 0 Å². The first-order valence-electron chi connectivity index (χ1n) is 11.4. The minimum atomic E-state index is -3.39. The van der Waals surface area contributed by atoms with Crippen molar-refractivity contribution in [2.45, 2.75) is 69.9 Å². The number of hydrogen-bond donors (Lipinski definition) is 1. The molecule has 0 aromatic heterocycles. The molecule has 1 amide bonds. The quantitative estimate of drug-likeness (QED) is 0.230. The molecule has 0 bridgehead atoms. The van der Waals surface area contributed by atoms with E-state index >= 15 is 0 Å². The minimum Gasteiger partial charge on any atom is -0.469 e. The topological polar surface area (TPSA) is 66.8 Å². The highest BCUT2D eigenvalue weighted by Crippen LogP contribution is 2.34. The number of aliphatic hydroxyl groups excluding tert-OH is 1. The molecule has 1 aromatic rings. The molecule has 3 atom stereocenters. The summed E-state index contributed by atoms with van der Waals surface area (Å²) in [4.78, 5) is 24.5. The van der Waals surface area contributed by atoms with Crippen LogP contribution in [0.2, 0.25) is 0 Å². The SMILES string of the molecule is COC(=O)CCCCCCN1C(=O)C(F)(F)C[C@@H]1C=C[C@H](O)[C@@H](C)CC#Cc1ccccc1. The molecule has 1 aliphatic heterocycles. The number of rotatable bonds is 11. The first-order valence-corrected chi connectivity index (χ1v) is 11.4. The standard InChI is InChI=1S/C26H33F2NO4/c1-20(11-10-14-21-12-6-5-7-13-21)23(30)17-16-22-19-26(27,28)25(32)29(22)18-9-4-3-8-15-24(31)33-2/h5-7,12-13,16-17,20,22-23,30H,3-4,8-9,11,15,18-19H2,1-2H3/t20-,22-,23-/m0/s1. The molecule has 1 heterocycles. The lowest BCUT2D eigenvalue weighted by Gasteiger charge is -2.22. The van der Waals surface area contributed by atoms with Gasteiger partial charge in [-0.2, -0.15) is 8.78 Å². The van der Waals surface area contributed by atoms with Crippen molar-refractivity contribution in [3.8, 4) is 11.8 Å². The lowest BCUT2D eigenvalue weighted by molar-refractivity contribution is -0.148. The summed E-state index contributed by atoms with van der Waals surface area (Å²) >= 11 is 0. The van der Waals surface area contributed by atoms with Gasteiger partial charge in [-0.25, -0.2) is 0 Å². The number of aliphatic hydroxyl groups is 1. The van der Waals surface area contributed by atoms with Crippen LogP contribution in [-0.4, -0.2) is 53.6 Å². The van der Waals surface area contributed by atoms with Crippen LogP contribution in [0.3, 0.4) is 0 Å². The Labute approximate surface area is 194 Å². The number of alkyl halides is 2. The highest BCUT2D eigenvalue weighted by Gasteiger charge is 2.52. The van der Waals surface area contributed by atoms with Crippen LogP contribution in [-0.2, 0) is 14.3 Å². The van der Waals surface area contributed by atoms with Crippen molar-refractivity contribution in [3.63, 3.8) is 0 Å². The maximum absolute atomic E-state index is 14.0. The zero-order valence-corrected chi connectivity index (χ0v) is 19.3. The predicted octanol–water partition coefficient (Wildman–Crippen LogP) is 4.34. The van der Waals surface area contributed by atoms with Crippen LogP contribution in [0, 0.1) is 17.8 Å². The number of methoxy groups -OCH3 is 1. The number of unbranched alkanes of at least 4 members (excludes halogenated alkanes) is 3. The second-order valence-electron chi connectivity index (χ2n) is 8.44. The first kappa shape index (κ1) is 26.5. The Balaban J connectivity index is 1.85. The van der Waals surface area contributed by atoms with E-state index in [0.29, 0.717) is 25.7 Å². The Bertz CT molecular complexity index is 860. The van der Waals surface area contributed by atoms with Crippen molar-refractivity contribution in [3.05, 3.63) is 48.0 Å². The van der Waals surface area contributed by atoms with Crippen molar-refractivity contribution in [2.75, 3.05) is 13.7 Å². The van der Waals surface area contributed by atoms with Crippen LogP contribution >= 0.6 is 0 Å². The van der Waals surface area contributed by atoms with E-state index in [1.807, 2.05) is 37.3 Å². The van der Waals surface area contributed by atoms with Crippen LogP contribution < -0.4 is 0 Å². The van der Waals surface area contributed by atoms with Gasteiger partial charge in [0.05, 0.1) is 19.3 Å². The Morgan fingerprint density at radius 2 is 1.97 bits per heavy atom. The smallest absolute Gasteiger partial charge is 0.327 e. The molecule has 7 heteroatoms. The van der Waals surface area contributed by atoms with Crippen molar-refractivity contribution >= 4 is 11.9 Å². The van der Waals surface area contributed by atoms with Gasteiger partial charge in [0.2, 0.25) is 0 Å². The summed E-state index contributed by atoms with van der Waals surface area (Å²) < 4.78 is 32.7. The zero-order chi connectivity index (χ0) is 24.3. The fraction of sp³-hybridized carbons (Fsp3) is 0.538. The fourth-order valence-electron chi connectivity index (χ4n) is 3.66. The molecule has 0 saturated carbocycles. The molecule has 2 rings (SSSR count). The van der Waals surface area contributed by atoms with Crippen molar-refractivity contribution in [1.82, 2.24) is 4.90 Å². The summed E-state index contributed by atoms with van der Waals surface area (Å²) in [6, 6.07) is 8.77. The van der Waals surface area contributed by atoms with E-state index in [1.165, 1.54) is 24.2 Å². The van der Waals surface area contributed by atoms with E-state index in [0.717, 1.165) is 18.4 Å². The largest absolute Gasteiger partial charge is 0.469 e. The zero-order valence-electron chi connectivity index (χ0n) is 19.3. The van der Waals surface area contributed by atoms with E-state index in [-0.39, 0.29) is 18.4 Å². The molecule has 0 unspecified atom stereocenters.